The summed E-state index contributed by atoms with van der Waals surface area (Å²) < 4.78 is 4.58. The Morgan fingerprint density at radius 1 is 1.29 bits per heavy atom. The van der Waals surface area contributed by atoms with Crippen molar-refractivity contribution in [1.82, 2.24) is 4.98 Å². The van der Waals surface area contributed by atoms with E-state index in [1.165, 1.54) is 18.4 Å². The first-order valence-corrected chi connectivity index (χ1v) is 7.28. The van der Waals surface area contributed by atoms with Crippen LogP contribution in [0.3, 0.4) is 0 Å². The number of nitrogens with zero attached hydrogens (tertiary/aromatic N) is 1. The van der Waals surface area contributed by atoms with E-state index in [4.69, 9.17) is 0 Å². The van der Waals surface area contributed by atoms with Crippen molar-refractivity contribution in [3.63, 3.8) is 0 Å². The first kappa shape index (κ1) is 15.2. The number of esters is 1. The lowest BCUT2D eigenvalue weighted by Gasteiger charge is -2.08. The minimum Gasteiger partial charge on any atom is -0.469 e. The molecule has 6 heteroatoms. The summed E-state index contributed by atoms with van der Waals surface area (Å²) >= 11 is 1.29. The number of methoxy groups -OCH3 is 1. The zero-order chi connectivity index (χ0) is 15.4. The molecule has 0 unspecified atom stereocenters. The van der Waals surface area contributed by atoms with Crippen LogP contribution in [0.2, 0.25) is 0 Å². The average Bonchev–Trinajstić information content (AvgIpc) is 2.85. The van der Waals surface area contributed by atoms with Gasteiger partial charge in [-0.15, -0.1) is 11.3 Å². The Labute approximate surface area is 127 Å². The molecule has 0 atom stereocenters. The number of hydrogen-bond donors (Lipinski definition) is 1. The number of nitrogens with one attached hydrogen (secondary N) is 1. The summed E-state index contributed by atoms with van der Waals surface area (Å²) in [4.78, 5) is 27.7. The van der Waals surface area contributed by atoms with Crippen LogP contribution in [0.1, 0.15) is 27.2 Å². The fourth-order valence-electron chi connectivity index (χ4n) is 2.00. The molecule has 2 aromatic rings. The van der Waals surface area contributed by atoms with E-state index in [2.05, 4.69) is 15.0 Å². The molecule has 1 aromatic carbocycles. The largest absolute Gasteiger partial charge is 0.469 e. The number of anilines is 1. The van der Waals surface area contributed by atoms with Crippen LogP contribution in [0, 0.1) is 13.8 Å². The highest BCUT2D eigenvalue weighted by Gasteiger charge is 2.14. The quantitative estimate of drug-likeness (QED) is 0.882. The molecule has 0 aliphatic carbocycles. The number of amides is 1. The number of ether oxygens (including phenoxy) is 1. The fourth-order valence-corrected chi connectivity index (χ4v) is 2.70. The van der Waals surface area contributed by atoms with Crippen LogP contribution in [0.25, 0.3) is 0 Å². The Balaban J connectivity index is 2.12. The molecule has 1 N–H and O–H groups in total. The Bertz CT molecular complexity index is 659. The minimum absolute atomic E-state index is 0.103. The van der Waals surface area contributed by atoms with Gasteiger partial charge in [-0.05, 0) is 25.0 Å². The van der Waals surface area contributed by atoms with Crippen LogP contribution in [0.4, 0.5) is 5.13 Å². The molecule has 0 saturated heterocycles. The number of hydrogen-bond acceptors (Lipinski definition) is 5. The molecule has 0 aliphatic heterocycles. The summed E-state index contributed by atoms with van der Waals surface area (Å²) in [6.45, 7) is 3.79. The Kier molecular flexibility index (Phi) is 4.70. The first-order chi connectivity index (χ1) is 10.0. The van der Waals surface area contributed by atoms with Gasteiger partial charge in [0.1, 0.15) is 0 Å². The number of thiazole rings is 1. The van der Waals surface area contributed by atoms with E-state index in [9.17, 15) is 9.59 Å². The van der Waals surface area contributed by atoms with Crippen LogP contribution in [0.15, 0.2) is 23.6 Å². The van der Waals surface area contributed by atoms with E-state index < -0.39 is 0 Å². The van der Waals surface area contributed by atoms with Gasteiger partial charge in [0.05, 0.1) is 19.2 Å². The first-order valence-electron chi connectivity index (χ1n) is 6.40. The molecule has 1 aromatic heterocycles. The van der Waals surface area contributed by atoms with Crippen LogP contribution < -0.4 is 5.32 Å². The van der Waals surface area contributed by atoms with Crippen molar-refractivity contribution >= 4 is 28.3 Å². The van der Waals surface area contributed by atoms with Crippen molar-refractivity contribution in [3.8, 4) is 0 Å². The lowest BCUT2D eigenvalue weighted by atomic mass is 10.0. The molecule has 0 saturated carbocycles. The third-order valence-corrected chi connectivity index (χ3v) is 3.84. The molecule has 110 valence electrons. The molecular formula is C15H16N2O3S. The SMILES string of the molecule is COC(=O)Cc1csc(NC(=O)c2c(C)cccc2C)n1. The second-order valence-corrected chi connectivity index (χ2v) is 5.48. The number of carbonyl (C=O) groups is 2. The van der Waals surface area contributed by atoms with Gasteiger partial charge < -0.3 is 4.74 Å². The lowest BCUT2D eigenvalue weighted by molar-refractivity contribution is -0.139. The third-order valence-electron chi connectivity index (χ3n) is 3.03. The number of aryl methyl sites for hydroxylation is 2. The zero-order valence-electron chi connectivity index (χ0n) is 12.1. The summed E-state index contributed by atoms with van der Waals surface area (Å²) in [5.41, 5.74) is 3.07. The van der Waals surface area contributed by atoms with E-state index in [0.29, 0.717) is 16.4 Å². The standard InChI is InChI=1S/C15H16N2O3S/c1-9-5-4-6-10(2)13(9)14(19)17-15-16-11(8-21-15)7-12(18)20-3/h4-6,8H,7H2,1-3H3,(H,16,17,19). The van der Waals surface area contributed by atoms with E-state index in [1.54, 1.807) is 5.38 Å². The molecule has 0 aliphatic rings. The molecule has 2 rings (SSSR count). The van der Waals surface area contributed by atoms with Crippen molar-refractivity contribution < 1.29 is 14.3 Å². The van der Waals surface area contributed by atoms with Gasteiger partial charge in [-0.2, -0.15) is 0 Å². The molecule has 0 spiro atoms. The average molecular weight is 304 g/mol. The predicted molar refractivity (Wildman–Crippen MR) is 81.7 cm³/mol. The summed E-state index contributed by atoms with van der Waals surface area (Å²) in [5, 5.41) is 4.97. The second-order valence-electron chi connectivity index (χ2n) is 4.62. The monoisotopic (exact) mass is 304 g/mol. The number of rotatable bonds is 4. The Morgan fingerprint density at radius 3 is 2.57 bits per heavy atom. The topological polar surface area (TPSA) is 68.3 Å². The molecule has 0 fully saturated rings. The number of aromatic nitrogens is 1. The van der Waals surface area contributed by atoms with Crippen molar-refractivity contribution in [2.75, 3.05) is 12.4 Å². The number of carbonyl (C=O) groups excluding carboxylic acids is 2. The van der Waals surface area contributed by atoms with E-state index in [0.717, 1.165) is 11.1 Å². The third kappa shape index (κ3) is 3.66. The Morgan fingerprint density at radius 2 is 1.95 bits per heavy atom. The summed E-state index contributed by atoms with van der Waals surface area (Å²) in [6, 6.07) is 5.71. The zero-order valence-corrected chi connectivity index (χ0v) is 12.9. The summed E-state index contributed by atoms with van der Waals surface area (Å²) in [6.07, 6.45) is 0.103. The van der Waals surface area contributed by atoms with E-state index in [-0.39, 0.29) is 18.3 Å². The molecule has 0 bridgehead atoms. The highest BCUT2D eigenvalue weighted by Crippen LogP contribution is 2.19. The second kappa shape index (κ2) is 6.49. The van der Waals surface area contributed by atoms with E-state index in [1.807, 2.05) is 32.0 Å². The predicted octanol–water partition coefficient (Wildman–Crippen LogP) is 2.73. The van der Waals surface area contributed by atoms with Crippen molar-refractivity contribution in [2.45, 2.75) is 20.3 Å². The number of benzene rings is 1. The maximum atomic E-state index is 12.3. The van der Waals surface area contributed by atoms with Crippen molar-refractivity contribution in [1.29, 1.82) is 0 Å². The fraction of sp³-hybridized carbons (Fsp3) is 0.267. The van der Waals surface area contributed by atoms with Gasteiger partial charge in [0.25, 0.3) is 5.91 Å². The molecule has 21 heavy (non-hydrogen) atoms. The van der Waals surface area contributed by atoms with Crippen LogP contribution in [-0.4, -0.2) is 24.0 Å². The van der Waals surface area contributed by atoms with Gasteiger partial charge in [0.2, 0.25) is 0 Å². The van der Waals surface area contributed by atoms with Gasteiger partial charge in [0.15, 0.2) is 5.13 Å². The maximum Gasteiger partial charge on any atom is 0.311 e. The minimum atomic E-state index is -0.354. The molecular weight excluding hydrogens is 288 g/mol. The lowest BCUT2D eigenvalue weighted by Crippen LogP contribution is -2.15. The van der Waals surface area contributed by atoms with Crippen LogP contribution >= 0.6 is 11.3 Å². The molecule has 0 radical (unpaired) electrons. The van der Waals surface area contributed by atoms with Crippen LogP contribution in [-0.2, 0) is 16.0 Å². The van der Waals surface area contributed by atoms with Gasteiger partial charge in [-0.1, -0.05) is 18.2 Å². The summed E-state index contributed by atoms with van der Waals surface area (Å²) in [5.74, 6) is -0.544. The highest BCUT2D eigenvalue weighted by molar-refractivity contribution is 7.14. The van der Waals surface area contributed by atoms with Gasteiger partial charge in [-0.25, -0.2) is 4.98 Å². The highest BCUT2D eigenvalue weighted by atomic mass is 32.1. The smallest absolute Gasteiger partial charge is 0.311 e. The van der Waals surface area contributed by atoms with E-state index >= 15 is 0 Å². The van der Waals surface area contributed by atoms with Gasteiger partial charge in [-0.3, -0.25) is 14.9 Å². The molecule has 1 amide bonds. The van der Waals surface area contributed by atoms with Crippen LogP contribution in [0.5, 0.6) is 0 Å². The van der Waals surface area contributed by atoms with Crippen molar-refractivity contribution in [2.24, 2.45) is 0 Å². The van der Waals surface area contributed by atoms with Gasteiger partial charge in [0, 0.05) is 10.9 Å². The molecule has 5 nitrogen and oxygen atoms in total. The molecule has 1 heterocycles. The van der Waals surface area contributed by atoms with Gasteiger partial charge >= 0.3 is 5.97 Å². The maximum absolute atomic E-state index is 12.3. The summed E-state index contributed by atoms with van der Waals surface area (Å²) in [7, 11) is 1.33. The Hall–Kier alpha value is -2.21. The normalized spacial score (nSPS) is 10.2. The van der Waals surface area contributed by atoms with Crippen molar-refractivity contribution in [3.05, 3.63) is 46.0 Å².